The zero-order chi connectivity index (χ0) is 23.1. The number of ether oxygens (including phenoxy) is 1. The highest BCUT2D eigenvalue weighted by Crippen LogP contribution is 2.22. The quantitative estimate of drug-likeness (QED) is 0.374. The van der Waals surface area contributed by atoms with Crippen LogP contribution in [0.15, 0.2) is 78.1 Å². The van der Waals surface area contributed by atoms with Crippen LogP contribution in [0, 0.1) is 5.41 Å². The van der Waals surface area contributed by atoms with Crippen molar-refractivity contribution in [2.75, 3.05) is 13.1 Å². The van der Waals surface area contributed by atoms with Gasteiger partial charge in [0.15, 0.2) is 0 Å². The first-order chi connectivity index (χ1) is 15.4. The number of nitrogens with one attached hydrogen (secondary N) is 2. The van der Waals surface area contributed by atoms with E-state index in [1.165, 1.54) is 6.08 Å². The fourth-order valence-corrected chi connectivity index (χ4v) is 3.47. The van der Waals surface area contributed by atoms with E-state index in [0.29, 0.717) is 36.6 Å². The minimum absolute atomic E-state index is 0.0254. The van der Waals surface area contributed by atoms with Crippen LogP contribution < -0.4 is 21.5 Å². The highest BCUT2D eigenvalue weighted by Gasteiger charge is 2.27. The Kier molecular flexibility index (Phi) is 7.28. The second kappa shape index (κ2) is 10.3. The van der Waals surface area contributed by atoms with Crippen molar-refractivity contribution in [3.8, 4) is 11.5 Å². The molecule has 0 saturated carbocycles. The van der Waals surface area contributed by atoms with Gasteiger partial charge in [-0.25, -0.2) is 0 Å². The summed E-state index contributed by atoms with van der Waals surface area (Å²) < 4.78 is 5.76. The number of para-hydroxylation sites is 1. The van der Waals surface area contributed by atoms with Crippen LogP contribution in [0.2, 0.25) is 0 Å². The van der Waals surface area contributed by atoms with Gasteiger partial charge in [-0.1, -0.05) is 24.3 Å². The molecule has 0 radical (unpaired) electrons. The molecular weight excluding hydrogens is 406 g/mol. The number of hydrogen-bond donors (Lipinski definition) is 4. The zero-order valence-corrected chi connectivity index (χ0v) is 17.9. The summed E-state index contributed by atoms with van der Waals surface area (Å²) in [7, 11) is 0. The second-order valence-electron chi connectivity index (χ2n) is 7.38. The fraction of sp³-hybridized carbons (Fsp3) is 0.208. The lowest BCUT2D eigenvalue weighted by atomic mass is 10.0. The zero-order valence-electron chi connectivity index (χ0n) is 17.9. The van der Waals surface area contributed by atoms with Crippen molar-refractivity contribution in [2.24, 2.45) is 11.5 Å². The normalized spacial score (nSPS) is 16.5. The van der Waals surface area contributed by atoms with Gasteiger partial charge >= 0.3 is 0 Å². The molecule has 2 aromatic rings. The van der Waals surface area contributed by atoms with Crippen molar-refractivity contribution >= 4 is 17.5 Å². The number of carbonyl (C=O) groups excluding carboxylic acids is 2. The van der Waals surface area contributed by atoms with E-state index < -0.39 is 5.91 Å². The number of primary amides is 1. The van der Waals surface area contributed by atoms with Crippen molar-refractivity contribution in [3.05, 3.63) is 83.7 Å². The Labute approximate surface area is 187 Å². The number of nitrogens with two attached hydrogens (primary N) is 2. The van der Waals surface area contributed by atoms with Gasteiger partial charge in [0.05, 0.1) is 5.71 Å². The van der Waals surface area contributed by atoms with Crippen LogP contribution in [0.1, 0.15) is 18.9 Å². The van der Waals surface area contributed by atoms with E-state index in [-0.39, 0.29) is 29.1 Å². The Hall–Kier alpha value is -4.07. The third-order valence-corrected chi connectivity index (χ3v) is 5.06. The Balaban J connectivity index is 1.71. The number of allylic oxidation sites excluding steroid dienone is 1. The molecule has 2 amide bonds. The number of benzene rings is 2. The van der Waals surface area contributed by atoms with Gasteiger partial charge in [0.25, 0.3) is 5.91 Å². The monoisotopic (exact) mass is 433 g/mol. The van der Waals surface area contributed by atoms with Crippen molar-refractivity contribution in [1.29, 1.82) is 5.41 Å². The van der Waals surface area contributed by atoms with E-state index in [1.807, 2.05) is 30.3 Å². The Morgan fingerprint density at radius 1 is 1.09 bits per heavy atom. The van der Waals surface area contributed by atoms with Gasteiger partial charge in [-0.05, 0) is 55.8 Å². The molecule has 1 saturated heterocycles. The molecule has 8 nitrogen and oxygen atoms in total. The van der Waals surface area contributed by atoms with Crippen LogP contribution >= 0.6 is 0 Å². The smallest absolute Gasteiger partial charge is 0.254 e. The number of hydrogen-bond acceptors (Lipinski definition) is 6. The summed E-state index contributed by atoms with van der Waals surface area (Å²) in [5, 5.41) is 11.5. The third-order valence-electron chi connectivity index (χ3n) is 5.06. The molecule has 3 rings (SSSR count). The van der Waals surface area contributed by atoms with Crippen LogP contribution in [0.5, 0.6) is 11.5 Å². The number of nitrogens with zero attached hydrogens (tertiary/aromatic N) is 1. The molecule has 0 aromatic heterocycles. The molecular formula is C24H27N5O3. The lowest BCUT2D eigenvalue weighted by molar-refractivity contribution is -0.125. The minimum Gasteiger partial charge on any atom is -0.457 e. The minimum atomic E-state index is -0.801. The van der Waals surface area contributed by atoms with Gasteiger partial charge in [-0.15, -0.1) is 0 Å². The van der Waals surface area contributed by atoms with Gasteiger partial charge in [-0.3, -0.25) is 15.0 Å². The molecule has 0 bridgehead atoms. The summed E-state index contributed by atoms with van der Waals surface area (Å²) in [5.74, 6) is 0.447. The first kappa shape index (κ1) is 22.6. The van der Waals surface area contributed by atoms with E-state index in [4.69, 9.17) is 21.6 Å². The molecule has 1 fully saturated rings. The number of rotatable bonds is 8. The third kappa shape index (κ3) is 5.54. The lowest BCUT2D eigenvalue weighted by Crippen LogP contribution is -2.39. The molecule has 6 N–H and O–H groups in total. The summed E-state index contributed by atoms with van der Waals surface area (Å²) in [4.78, 5) is 25.8. The van der Waals surface area contributed by atoms with Gasteiger partial charge in [0.2, 0.25) is 5.91 Å². The van der Waals surface area contributed by atoms with E-state index in [1.54, 1.807) is 42.2 Å². The highest BCUT2D eigenvalue weighted by molar-refractivity contribution is 6.26. The largest absolute Gasteiger partial charge is 0.457 e. The molecule has 1 atom stereocenters. The van der Waals surface area contributed by atoms with Gasteiger partial charge < -0.3 is 26.4 Å². The second-order valence-corrected chi connectivity index (χ2v) is 7.38. The average Bonchev–Trinajstić information content (AvgIpc) is 3.23. The van der Waals surface area contributed by atoms with Gasteiger partial charge in [0.1, 0.15) is 22.9 Å². The van der Waals surface area contributed by atoms with Crippen LogP contribution in [-0.4, -0.2) is 41.6 Å². The van der Waals surface area contributed by atoms with Gasteiger partial charge in [-0.2, -0.15) is 0 Å². The summed E-state index contributed by atoms with van der Waals surface area (Å²) >= 11 is 0. The maximum absolute atomic E-state index is 12.1. The van der Waals surface area contributed by atoms with E-state index in [2.05, 4.69) is 5.32 Å². The number of carbonyl (C=O) groups is 2. The topological polar surface area (TPSA) is 135 Å². The molecule has 166 valence electrons. The molecule has 1 heterocycles. The summed E-state index contributed by atoms with van der Waals surface area (Å²) in [6, 6.07) is 16.0. The first-order valence-electron chi connectivity index (χ1n) is 10.3. The molecule has 0 spiro atoms. The fourth-order valence-electron chi connectivity index (χ4n) is 3.47. The van der Waals surface area contributed by atoms with Crippen molar-refractivity contribution in [3.63, 3.8) is 0 Å². The number of likely N-dealkylation sites (tertiary alicyclic amines) is 1. The molecule has 2 aromatic carbocycles. The van der Waals surface area contributed by atoms with Crippen LogP contribution in [0.3, 0.4) is 0 Å². The molecule has 1 aliphatic heterocycles. The molecule has 32 heavy (non-hydrogen) atoms. The van der Waals surface area contributed by atoms with Crippen LogP contribution in [-0.2, 0) is 9.59 Å². The Bertz CT molecular complexity index is 1050. The van der Waals surface area contributed by atoms with Crippen LogP contribution in [0.4, 0.5) is 0 Å². The first-order valence-corrected chi connectivity index (χ1v) is 10.3. The maximum atomic E-state index is 12.1. The Morgan fingerprint density at radius 2 is 1.75 bits per heavy atom. The van der Waals surface area contributed by atoms with Crippen LogP contribution in [0.25, 0.3) is 0 Å². The van der Waals surface area contributed by atoms with Crippen molar-refractivity contribution < 1.29 is 14.3 Å². The molecule has 1 aliphatic rings. The van der Waals surface area contributed by atoms with E-state index in [0.717, 1.165) is 0 Å². The molecule has 1 unspecified atom stereocenters. The van der Waals surface area contributed by atoms with Crippen molar-refractivity contribution in [2.45, 2.75) is 19.4 Å². The predicted octanol–water partition coefficient (Wildman–Crippen LogP) is 2.27. The molecule has 0 aliphatic carbocycles. The summed E-state index contributed by atoms with van der Waals surface area (Å²) in [5.41, 5.74) is 12.0. The van der Waals surface area contributed by atoms with E-state index in [9.17, 15) is 9.59 Å². The standard InChI is InChI=1S/C24H27N5O3/c1-2-6-20(30)29-14-13-17(15-29)28-23(26)21(24(27)31)22(25)16-9-11-19(12-10-16)32-18-7-4-3-5-8-18/h2-12,17,25,28H,13-15,26H2,1H3,(H2,27,31)/b6-2+,23-21+,25-22?. The highest BCUT2D eigenvalue weighted by atomic mass is 16.5. The lowest BCUT2D eigenvalue weighted by Gasteiger charge is -2.18. The maximum Gasteiger partial charge on any atom is 0.254 e. The summed E-state index contributed by atoms with van der Waals surface area (Å²) in [6.45, 7) is 2.82. The number of amides is 2. The SMILES string of the molecule is C/C=C/C(=O)N1CCC(N/C(N)=C(\C(=N)c2ccc(Oc3ccccc3)cc2)C(N)=O)C1. The predicted molar refractivity (Wildman–Crippen MR) is 123 cm³/mol. The van der Waals surface area contributed by atoms with Gasteiger partial charge in [0, 0.05) is 24.7 Å². The van der Waals surface area contributed by atoms with E-state index >= 15 is 0 Å². The Morgan fingerprint density at radius 3 is 2.38 bits per heavy atom. The summed E-state index contributed by atoms with van der Waals surface area (Å²) in [6.07, 6.45) is 3.88. The average molecular weight is 434 g/mol. The van der Waals surface area contributed by atoms with Crippen molar-refractivity contribution in [1.82, 2.24) is 10.2 Å². The molecule has 8 heteroatoms.